The number of rotatable bonds is 7. The van der Waals surface area contributed by atoms with Crippen LogP contribution in [0.1, 0.15) is 28.9 Å². The Balaban J connectivity index is 1.60. The Kier molecular flexibility index (Phi) is 7.52. The Morgan fingerprint density at radius 2 is 1.88 bits per heavy atom. The lowest BCUT2D eigenvalue weighted by atomic mass is 10.0. The van der Waals surface area contributed by atoms with Crippen molar-refractivity contribution in [3.63, 3.8) is 0 Å². The van der Waals surface area contributed by atoms with E-state index >= 15 is 0 Å². The van der Waals surface area contributed by atoms with Gasteiger partial charge >= 0.3 is 0 Å². The van der Waals surface area contributed by atoms with Gasteiger partial charge < -0.3 is 10.4 Å². The molecule has 0 aliphatic carbocycles. The average Bonchev–Trinajstić information content (AvgIpc) is 3.27. The molecule has 34 heavy (non-hydrogen) atoms. The quantitative estimate of drug-likeness (QED) is 0.245. The molecule has 0 fully saturated rings. The summed E-state index contributed by atoms with van der Waals surface area (Å²) in [6.45, 7) is 1.68. The number of nitrogens with one attached hydrogen (secondary N) is 2. The summed E-state index contributed by atoms with van der Waals surface area (Å²) in [4.78, 5) is 13.1. The van der Waals surface area contributed by atoms with Gasteiger partial charge in [-0.1, -0.05) is 34.1 Å². The van der Waals surface area contributed by atoms with Crippen LogP contribution < -0.4 is 10.0 Å². The van der Waals surface area contributed by atoms with Gasteiger partial charge in [0.05, 0.1) is 35.1 Å². The molecule has 1 heterocycles. The van der Waals surface area contributed by atoms with E-state index in [1.54, 1.807) is 49.4 Å². The number of hydrogen-bond acceptors (Lipinski definition) is 7. The van der Waals surface area contributed by atoms with E-state index in [1.807, 2.05) is 28.7 Å². The van der Waals surface area contributed by atoms with Gasteiger partial charge in [-0.15, -0.1) is 0 Å². The summed E-state index contributed by atoms with van der Waals surface area (Å²) in [6, 6.07) is 16.0. The highest BCUT2D eigenvalue weighted by atomic mass is 127. The topological polar surface area (TPSA) is 121 Å². The minimum atomic E-state index is -4.06. The van der Waals surface area contributed by atoms with Gasteiger partial charge in [-0.25, -0.2) is 8.42 Å². The molecule has 0 spiro atoms. The maximum Gasteiger partial charge on any atom is 0.264 e. The van der Waals surface area contributed by atoms with Crippen molar-refractivity contribution < 1.29 is 18.3 Å². The molecular formula is C22H18BrIN4O4S2. The second-order valence-electron chi connectivity index (χ2n) is 7.45. The third kappa shape index (κ3) is 5.40. The van der Waals surface area contributed by atoms with E-state index in [4.69, 9.17) is 0 Å². The third-order valence-electron chi connectivity index (χ3n) is 5.03. The molecule has 3 N–H and O–H groups in total. The molecule has 0 aliphatic heterocycles. The van der Waals surface area contributed by atoms with Crippen LogP contribution in [0, 0.1) is 3.57 Å². The van der Waals surface area contributed by atoms with Crippen LogP contribution in [-0.4, -0.2) is 34.2 Å². The molecule has 176 valence electrons. The first-order valence-corrected chi connectivity index (χ1v) is 14.0. The molecule has 4 rings (SSSR count). The van der Waals surface area contributed by atoms with E-state index in [1.165, 1.54) is 12.1 Å². The first-order valence-electron chi connectivity index (χ1n) is 9.94. The number of hydrogen-bond donors (Lipinski definition) is 3. The van der Waals surface area contributed by atoms with Gasteiger partial charge in [0.25, 0.3) is 15.9 Å². The summed E-state index contributed by atoms with van der Waals surface area (Å²) < 4.78 is 38.6. The van der Waals surface area contributed by atoms with Gasteiger partial charge in [0.1, 0.15) is 15.9 Å². The number of amides is 1. The molecule has 1 amide bonds. The van der Waals surface area contributed by atoms with E-state index in [0.29, 0.717) is 11.1 Å². The highest BCUT2D eigenvalue weighted by molar-refractivity contribution is 14.1. The van der Waals surface area contributed by atoms with Crippen LogP contribution in [-0.2, 0) is 10.0 Å². The Hall–Kier alpha value is -2.13. The van der Waals surface area contributed by atoms with Crippen molar-refractivity contribution in [2.24, 2.45) is 0 Å². The van der Waals surface area contributed by atoms with Gasteiger partial charge in [0.15, 0.2) is 0 Å². The molecule has 0 saturated heterocycles. The lowest BCUT2D eigenvalue weighted by Gasteiger charge is -2.22. The Labute approximate surface area is 222 Å². The molecule has 2 atom stereocenters. The fourth-order valence-electron chi connectivity index (χ4n) is 3.34. The number of carbonyl (C=O) groups is 1. The molecule has 1 unspecified atom stereocenters. The normalized spacial score (nSPS) is 13.4. The molecule has 0 bridgehead atoms. The van der Waals surface area contributed by atoms with E-state index in [-0.39, 0.29) is 21.7 Å². The van der Waals surface area contributed by atoms with Gasteiger partial charge in [-0.3, -0.25) is 9.52 Å². The SMILES string of the molecule is CC(NC(=O)c1ccc(I)cc1NS(=O)(=O)c1cccc2nsnc12)[C@@H](O)c1cccc(Br)c1. The Bertz CT molecular complexity index is 1480. The van der Waals surface area contributed by atoms with E-state index in [9.17, 15) is 18.3 Å². The smallest absolute Gasteiger partial charge is 0.264 e. The molecule has 4 aromatic rings. The van der Waals surface area contributed by atoms with Gasteiger partial charge in [-0.05, 0) is 77.5 Å². The van der Waals surface area contributed by atoms with Crippen molar-refractivity contribution in [1.82, 2.24) is 14.1 Å². The fraction of sp³-hybridized carbons (Fsp3) is 0.136. The van der Waals surface area contributed by atoms with Crippen molar-refractivity contribution in [2.45, 2.75) is 24.0 Å². The van der Waals surface area contributed by atoms with Crippen LogP contribution in [0.3, 0.4) is 0 Å². The molecule has 0 saturated carbocycles. The van der Waals surface area contributed by atoms with Crippen LogP contribution in [0.5, 0.6) is 0 Å². The zero-order valence-corrected chi connectivity index (χ0v) is 22.9. The summed E-state index contributed by atoms with van der Waals surface area (Å²) in [5, 5.41) is 13.4. The zero-order valence-electron chi connectivity index (χ0n) is 17.6. The second-order valence-corrected chi connectivity index (χ2v) is 11.8. The van der Waals surface area contributed by atoms with Crippen molar-refractivity contribution >= 4 is 82.9 Å². The maximum atomic E-state index is 13.2. The first kappa shape index (κ1) is 25.0. The lowest BCUT2D eigenvalue weighted by Crippen LogP contribution is -2.37. The van der Waals surface area contributed by atoms with E-state index in [2.05, 4.69) is 34.7 Å². The van der Waals surface area contributed by atoms with Crippen LogP contribution in [0.15, 0.2) is 70.0 Å². The fourth-order valence-corrected chi connectivity index (χ4v) is 6.09. The number of carbonyl (C=O) groups excluding carboxylic acids is 1. The summed E-state index contributed by atoms with van der Waals surface area (Å²) in [5.41, 5.74) is 1.62. The predicted molar refractivity (Wildman–Crippen MR) is 143 cm³/mol. The number of anilines is 1. The number of sulfonamides is 1. The molecular weight excluding hydrogens is 655 g/mol. The highest BCUT2D eigenvalue weighted by Gasteiger charge is 2.25. The number of aliphatic hydroxyl groups is 1. The van der Waals surface area contributed by atoms with Crippen molar-refractivity contribution in [3.05, 3.63) is 79.8 Å². The minimum absolute atomic E-state index is 0.0255. The summed E-state index contributed by atoms with van der Waals surface area (Å²) in [5.74, 6) is -0.524. The molecule has 0 radical (unpaired) electrons. The lowest BCUT2D eigenvalue weighted by molar-refractivity contribution is 0.0853. The highest BCUT2D eigenvalue weighted by Crippen LogP contribution is 2.27. The zero-order chi connectivity index (χ0) is 24.5. The maximum absolute atomic E-state index is 13.2. The van der Waals surface area contributed by atoms with Crippen molar-refractivity contribution in [2.75, 3.05) is 4.72 Å². The number of aliphatic hydroxyl groups excluding tert-OH is 1. The molecule has 0 aliphatic rings. The third-order valence-corrected chi connectivity index (χ3v) is 8.14. The van der Waals surface area contributed by atoms with Gasteiger partial charge in [0.2, 0.25) is 0 Å². The van der Waals surface area contributed by atoms with E-state index in [0.717, 1.165) is 19.8 Å². The standard InChI is InChI=1S/C22H18BrIN4O4S2/c1-12(21(29)13-4-2-5-14(23)10-13)25-22(30)16-9-8-15(24)11-18(16)28-34(31,32)19-7-3-6-17-20(19)27-33-26-17/h2-12,21,28-29H,1H3,(H,25,30)/t12?,21-/m1/s1. The largest absolute Gasteiger partial charge is 0.386 e. The monoisotopic (exact) mass is 672 g/mol. The Morgan fingerprint density at radius 3 is 2.65 bits per heavy atom. The molecule has 1 aromatic heterocycles. The van der Waals surface area contributed by atoms with E-state index < -0.39 is 28.1 Å². The predicted octanol–water partition coefficient (Wildman–Crippen LogP) is 4.71. The summed E-state index contributed by atoms with van der Waals surface area (Å²) in [7, 11) is -4.06. The van der Waals surface area contributed by atoms with Crippen LogP contribution in [0.25, 0.3) is 11.0 Å². The number of fused-ring (bicyclic) bond motifs is 1. The summed E-state index contributed by atoms with van der Waals surface area (Å²) >= 11 is 6.34. The first-order chi connectivity index (χ1) is 16.2. The number of benzene rings is 3. The number of nitrogens with zero attached hydrogens (tertiary/aromatic N) is 2. The Morgan fingerprint density at radius 1 is 1.12 bits per heavy atom. The second kappa shape index (κ2) is 10.2. The summed E-state index contributed by atoms with van der Waals surface area (Å²) in [6.07, 6.45) is -0.958. The molecule has 3 aromatic carbocycles. The van der Waals surface area contributed by atoms with Crippen LogP contribution in [0.2, 0.25) is 0 Å². The minimum Gasteiger partial charge on any atom is -0.386 e. The van der Waals surface area contributed by atoms with Crippen LogP contribution >= 0.6 is 50.2 Å². The van der Waals surface area contributed by atoms with Gasteiger partial charge in [0, 0.05) is 8.04 Å². The van der Waals surface area contributed by atoms with Crippen molar-refractivity contribution in [3.8, 4) is 0 Å². The van der Waals surface area contributed by atoms with Crippen molar-refractivity contribution in [1.29, 1.82) is 0 Å². The van der Waals surface area contributed by atoms with Gasteiger partial charge in [-0.2, -0.15) is 8.75 Å². The average molecular weight is 673 g/mol. The van der Waals surface area contributed by atoms with Crippen LogP contribution in [0.4, 0.5) is 5.69 Å². The number of halogens is 2. The molecule has 12 heteroatoms. The molecule has 8 nitrogen and oxygen atoms in total. The number of aromatic nitrogens is 2.